The zero-order valence-corrected chi connectivity index (χ0v) is 11.4. The lowest BCUT2D eigenvalue weighted by atomic mass is 9.97. The number of halogens is 5. The van der Waals surface area contributed by atoms with Crippen molar-refractivity contribution in [1.29, 1.82) is 0 Å². The standard InChI is InChI=1S/C12H13ClF3NO.ClH/c13-9-4-3-7(12(14,15)16)5-8(9)10(17)11(18)6-1-2-6;/h3-6,10-11,18H,1-2,17H2;1H/t10-,11+;/m1./s1. The molecule has 1 fully saturated rings. The third-order valence-corrected chi connectivity index (χ3v) is 3.50. The number of alkyl halides is 3. The molecule has 1 aliphatic carbocycles. The van der Waals surface area contributed by atoms with E-state index in [0.29, 0.717) is 0 Å². The molecule has 0 bridgehead atoms. The van der Waals surface area contributed by atoms with Gasteiger partial charge in [0.1, 0.15) is 0 Å². The highest BCUT2D eigenvalue weighted by atomic mass is 35.5. The monoisotopic (exact) mass is 315 g/mol. The van der Waals surface area contributed by atoms with Crippen LogP contribution in [0.2, 0.25) is 5.02 Å². The summed E-state index contributed by atoms with van der Waals surface area (Å²) in [6, 6.07) is 2.10. The van der Waals surface area contributed by atoms with Crippen molar-refractivity contribution < 1.29 is 18.3 Å². The molecule has 1 aromatic rings. The molecule has 0 heterocycles. The van der Waals surface area contributed by atoms with Crippen LogP contribution < -0.4 is 5.73 Å². The van der Waals surface area contributed by atoms with Gasteiger partial charge in [-0.3, -0.25) is 0 Å². The fourth-order valence-electron chi connectivity index (χ4n) is 1.89. The Labute approximate surface area is 120 Å². The highest BCUT2D eigenvalue weighted by molar-refractivity contribution is 6.31. The molecule has 1 aliphatic rings. The van der Waals surface area contributed by atoms with Crippen molar-refractivity contribution in [1.82, 2.24) is 0 Å². The smallest absolute Gasteiger partial charge is 0.391 e. The summed E-state index contributed by atoms with van der Waals surface area (Å²) in [6.45, 7) is 0. The third-order valence-electron chi connectivity index (χ3n) is 3.16. The Morgan fingerprint density at radius 2 is 1.89 bits per heavy atom. The summed E-state index contributed by atoms with van der Waals surface area (Å²) < 4.78 is 37.8. The molecule has 0 amide bonds. The average Bonchev–Trinajstić information content (AvgIpc) is 3.10. The van der Waals surface area contributed by atoms with Crippen LogP contribution in [0.4, 0.5) is 13.2 Å². The number of aliphatic hydroxyl groups is 1. The molecule has 7 heteroatoms. The Hall–Kier alpha value is -0.490. The summed E-state index contributed by atoms with van der Waals surface area (Å²) in [6.07, 6.45) is -3.58. The molecular weight excluding hydrogens is 302 g/mol. The predicted molar refractivity (Wildman–Crippen MR) is 69.4 cm³/mol. The van der Waals surface area contributed by atoms with E-state index in [9.17, 15) is 18.3 Å². The first-order chi connectivity index (χ1) is 8.30. The van der Waals surface area contributed by atoms with Crippen molar-refractivity contribution in [3.8, 4) is 0 Å². The van der Waals surface area contributed by atoms with Crippen LogP contribution in [0, 0.1) is 5.92 Å². The van der Waals surface area contributed by atoms with E-state index < -0.39 is 23.9 Å². The van der Waals surface area contributed by atoms with Crippen LogP contribution in [0.3, 0.4) is 0 Å². The van der Waals surface area contributed by atoms with Crippen LogP contribution >= 0.6 is 24.0 Å². The predicted octanol–water partition coefficient (Wildman–Crippen LogP) is 3.55. The van der Waals surface area contributed by atoms with Gasteiger partial charge in [-0.05, 0) is 42.5 Å². The SMILES string of the molecule is Cl.N[C@H](c1cc(C(F)(F)F)ccc1Cl)[C@@H](O)C1CC1. The fraction of sp³-hybridized carbons (Fsp3) is 0.500. The normalized spacial score (nSPS) is 18.6. The van der Waals surface area contributed by atoms with Gasteiger partial charge in [-0.2, -0.15) is 13.2 Å². The fourth-order valence-corrected chi connectivity index (χ4v) is 2.13. The lowest BCUT2D eigenvalue weighted by molar-refractivity contribution is -0.137. The lowest BCUT2D eigenvalue weighted by Crippen LogP contribution is -2.28. The van der Waals surface area contributed by atoms with Gasteiger partial charge in [0, 0.05) is 5.02 Å². The number of nitrogens with two attached hydrogens (primary N) is 1. The largest absolute Gasteiger partial charge is 0.416 e. The summed E-state index contributed by atoms with van der Waals surface area (Å²) in [5, 5.41) is 10.0. The summed E-state index contributed by atoms with van der Waals surface area (Å²) in [5.41, 5.74) is 5.13. The zero-order valence-electron chi connectivity index (χ0n) is 9.82. The lowest BCUT2D eigenvalue weighted by Gasteiger charge is -2.21. The van der Waals surface area contributed by atoms with Gasteiger partial charge in [0.05, 0.1) is 17.7 Å². The van der Waals surface area contributed by atoms with Crippen LogP contribution in [0.1, 0.15) is 30.0 Å². The second-order valence-corrected chi connectivity index (χ2v) is 5.00. The van der Waals surface area contributed by atoms with Crippen LogP contribution in [-0.2, 0) is 6.18 Å². The summed E-state index contributed by atoms with van der Waals surface area (Å²) in [7, 11) is 0. The van der Waals surface area contributed by atoms with E-state index in [1.54, 1.807) is 0 Å². The van der Waals surface area contributed by atoms with Gasteiger partial charge in [0.15, 0.2) is 0 Å². The topological polar surface area (TPSA) is 46.2 Å². The quantitative estimate of drug-likeness (QED) is 0.896. The zero-order chi connectivity index (χ0) is 13.5. The van der Waals surface area contributed by atoms with Gasteiger partial charge in [-0.15, -0.1) is 12.4 Å². The van der Waals surface area contributed by atoms with E-state index in [1.165, 1.54) is 6.07 Å². The first kappa shape index (κ1) is 16.6. The van der Waals surface area contributed by atoms with Gasteiger partial charge < -0.3 is 10.8 Å². The highest BCUT2D eigenvalue weighted by Gasteiger charge is 2.36. The molecule has 19 heavy (non-hydrogen) atoms. The molecule has 1 aromatic carbocycles. The molecule has 2 atom stereocenters. The van der Waals surface area contributed by atoms with Crippen molar-refractivity contribution >= 4 is 24.0 Å². The Morgan fingerprint density at radius 1 is 1.32 bits per heavy atom. The Kier molecular flexibility index (Phi) is 5.12. The van der Waals surface area contributed by atoms with E-state index in [1.807, 2.05) is 0 Å². The number of benzene rings is 1. The minimum Gasteiger partial charge on any atom is -0.391 e. The second kappa shape index (κ2) is 5.87. The molecule has 2 nitrogen and oxygen atoms in total. The molecule has 0 spiro atoms. The molecule has 0 radical (unpaired) electrons. The van der Waals surface area contributed by atoms with Crippen molar-refractivity contribution in [3.63, 3.8) is 0 Å². The second-order valence-electron chi connectivity index (χ2n) is 4.59. The van der Waals surface area contributed by atoms with Crippen LogP contribution in [0.25, 0.3) is 0 Å². The molecule has 0 aromatic heterocycles. The number of aliphatic hydroxyl groups excluding tert-OH is 1. The van der Waals surface area contributed by atoms with E-state index in [-0.39, 0.29) is 28.9 Å². The van der Waals surface area contributed by atoms with Crippen LogP contribution in [-0.4, -0.2) is 11.2 Å². The van der Waals surface area contributed by atoms with Gasteiger partial charge in [-0.25, -0.2) is 0 Å². The Balaban J connectivity index is 0.00000180. The summed E-state index contributed by atoms with van der Waals surface area (Å²) >= 11 is 5.85. The maximum absolute atomic E-state index is 12.6. The van der Waals surface area contributed by atoms with Gasteiger partial charge in [0.2, 0.25) is 0 Å². The number of hydrogen-bond acceptors (Lipinski definition) is 2. The van der Waals surface area contributed by atoms with Gasteiger partial charge in [-0.1, -0.05) is 11.6 Å². The number of hydrogen-bond donors (Lipinski definition) is 2. The van der Waals surface area contributed by atoms with Crippen molar-refractivity contribution in [2.45, 2.75) is 31.2 Å². The first-order valence-corrected chi connectivity index (χ1v) is 5.99. The van der Waals surface area contributed by atoms with Crippen LogP contribution in [0.5, 0.6) is 0 Å². The van der Waals surface area contributed by atoms with E-state index in [0.717, 1.165) is 25.0 Å². The third kappa shape index (κ3) is 3.75. The molecule has 2 rings (SSSR count). The summed E-state index contributed by atoms with van der Waals surface area (Å²) in [4.78, 5) is 0. The average molecular weight is 316 g/mol. The molecule has 0 unspecified atom stereocenters. The van der Waals surface area contributed by atoms with E-state index in [4.69, 9.17) is 17.3 Å². The van der Waals surface area contributed by atoms with Gasteiger partial charge >= 0.3 is 6.18 Å². The first-order valence-electron chi connectivity index (χ1n) is 5.61. The molecule has 0 aliphatic heterocycles. The Bertz CT molecular complexity index is 449. The maximum atomic E-state index is 12.6. The molecule has 0 saturated heterocycles. The van der Waals surface area contributed by atoms with Crippen LogP contribution in [0.15, 0.2) is 18.2 Å². The van der Waals surface area contributed by atoms with Crippen molar-refractivity contribution in [3.05, 3.63) is 34.3 Å². The minimum absolute atomic E-state index is 0. The van der Waals surface area contributed by atoms with Crippen molar-refractivity contribution in [2.75, 3.05) is 0 Å². The molecule has 3 N–H and O–H groups in total. The van der Waals surface area contributed by atoms with E-state index >= 15 is 0 Å². The minimum atomic E-state index is -4.44. The molecule has 108 valence electrons. The highest BCUT2D eigenvalue weighted by Crippen LogP contribution is 2.40. The van der Waals surface area contributed by atoms with Crippen molar-refractivity contribution in [2.24, 2.45) is 11.7 Å². The summed E-state index contributed by atoms with van der Waals surface area (Å²) in [5.74, 6) is 0.0746. The van der Waals surface area contributed by atoms with Gasteiger partial charge in [0.25, 0.3) is 0 Å². The Morgan fingerprint density at radius 3 is 2.37 bits per heavy atom. The molecule has 1 saturated carbocycles. The number of rotatable bonds is 3. The maximum Gasteiger partial charge on any atom is 0.416 e. The van der Waals surface area contributed by atoms with E-state index in [2.05, 4.69) is 0 Å². The molecular formula is C12H14Cl2F3NO.